The quantitative estimate of drug-likeness (QED) is 0.169. The van der Waals surface area contributed by atoms with Gasteiger partial charge in [0, 0.05) is 10.4 Å². The van der Waals surface area contributed by atoms with Crippen LogP contribution in [0, 0.1) is 0 Å². The predicted molar refractivity (Wildman–Crippen MR) is 69.0 cm³/mol. The van der Waals surface area contributed by atoms with Gasteiger partial charge in [-0.25, -0.2) is 0 Å². The minimum absolute atomic E-state index is 0. The normalized spacial score (nSPS) is 10.4. The first-order valence-electron chi connectivity index (χ1n) is 4.78. The Morgan fingerprint density at radius 2 is 0.783 bits per heavy atom. The Bertz CT molecular complexity index is 495. The summed E-state index contributed by atoms with van der Waals surface area (Å²) in [5.74, 6) is -0.613. The molecule has 0 heterocycles. The Morgan fingerprint density at radius 1 is 0.609 bits per heavy atom. The second-order valence-corrected chi connectivity index (χ2v) is 7.36. The van der Waals surface area contributed by atoms with Crippen molar-refractivity contribution in [2.45, 2.75) is 25.7 Å². The van der Waals surface area contributed by atoms with Gasteiger partial charge < -0.3 is 20.1 Å². The zero-order valence-electron chi connectivity index (χ0n) is 12.6. The fourth-order valence-corrected chi connectivity index (χ4v) is 2.06. The van der Waals surface area contributed by atoms with E-state index in [1.54, 1.807) is 0 Å². The van der Waals surface area contributed by atoms with E-state index >= 15 is 0 Å². The van der Waals surface area contributed by atoms with E-state index in [2.05, 4.69) is 0 Å². The van der Waals surface area contributed by atoms with Gasteiger partial charge in [0.1, 0.15) is 0 Å². The zero-order valence-corrected chi connectivity index (χ0v) is 19.1. The van der Waals surface area contributed by atoms with Crippen molar-refractivity contribution in [3.05, 3.63) is 0 Å². The van der Waals surface area contributed by atoms with Crippen LogP contribution in [0.4, 0.5) is 0 Å². The maximum atomic E-state index is 10.2. The Labute approximate surface area is 179 Å². The molecule has 0 aromatic heterocycles. The second-order valence-electron chi connectivity index (χ2n) is 3.39. The first kappa shape index (κ1) is 39.6. The summed E-state index contributed by atoms with van der Waals surface area (Å²) in [5.41, 5.74) is 0. The van der Waals surface area contributed by atoms with Crippen LogP contribution in [0.2, 0.25) is 0 Å². The van der Waals surface area contributed by atoms with E-state index < -0.39 is 30.6 Å². The molecule has 17 heteroatoms. The molecule has 0 aliphatic carbocycles. The molecule has 0 fully saturated rings. The van der Waals surface area contributed by atoms with E-state index in [1.807, 2.05) is 0 Å². The molecular weight excluding hydrogens is 406 g/mol. The van der Waals surface area contributed by atoms with Crippen molar-refractivity contribution < 1.29 is 114 Å². The standard InChI is InChI=1S/C6H14O6S2.2Na.H2O4S.2H2O/c7-13(8,9)5-3-1-2-4-6-14(10,11)12;;;1-5(2,3)4;;/h1-6H2,(H,7,8,9)(H,10,11,12);;;(H2,1,2,3,4);2*1H2/q;2*+1;;;/p-2. The average Bonchev–Trinajstić information content (AvgIpc) is 2.04. The van der Waals surface area contributed by atoms with Crippen molar-refractivity contribution >= 4 is 30.6 Å². The minimum atomic E-state index is -5.17. The fourth-order valence-electron chi connectivity index (χ4n) is 0.922. The Hall–Kier alpha value is 1.61. The van der Waals surface area contributed by atoms with Gasteiger partial charge in [-0.05, 0) is 12.8 Å². The first-order chi connectivity index (χ1) is 8.21. The van der Waals surface area contributed by atoms with E-state index in [-0.39, 0.29) is 81.6 Å². The second kappa shape index (κ2) is 18.4. The summed E-state index contributed by atoms with van der Waals surface area (Å²) in [7, 11) is -13.0. The number of hydrogen-bond donors (Lipinski definition) is 2. The van der Waals surface area contributed by atoms with Crippen molar-refractivity contribution in [2.24, 2.45) is 0 Å². The topological polar surface area (TPSA) is 252 Å². The van der Waals surface area contributed by atoms with E-state index in [9.17, 15) is 16.8 Å². The molecule has 0 saturated heterocycles. The molecule has 0 aliphatic rings. The van der Waals surface area contributed by atoms with Crippen molar-refractivity contribution in [1.82, 2.24) is 0 Å². The third kappa shape index (κ3) is 69.3. The largest absolute Gasteiger partial charge is 1.00 e. The molecule has 0 atom stereocenters. The summed E-state index contributed by atoms with van der Waals surface area (Å²) in [6.07, 6.45) is 1.61. The zero-order chi connectivity index (χ0) is 15.7. The smallest absolute Gasteiger partial charge is 0.759 e. The fraction of sp³-hybridized carbons (Fsp3) is 1.00. The minimum Gasteiger partial charge on any atom is -0.759 e. The molecule has 0 aromatic rings. The van der Waals surface area contributed by atoms with Crippen LogP contribution in [0.1, 0.15) is 25.7 Å². The van der Waals surface area contributed by atoms with Crippen LogP contribution in [0.25, 0.3) is 0 Å². The molecule has 0 aromatic carbocycles. The molecule has 0 radical (unpaired) electrons. The van der Waals surface area contributed by atoms with Crippen LogP contribution >= 0.6 is 0 Å². The van der Waals surface area contributed by atoms with Crippen LogP contribution < -0.4 is 59.1 Å². The van der Waals surface area contributed by atoms with Crippen LogP contribution in [0.3, 0.4) is 0 Å². The number of hydrogen-bond acceptors (Lipinski definition) is 8. The molecule has 0 spiro atoms. The first-order valence-corrected chi connectivity index (χ1v) is 9.33. The van der Waals surface area contributed by atoms with Crippen LogP contribution in [-0.2, 0) is 30.6 Å². The maximum Gasteiger partial charge on any atom is 1.00 e. The molecule has 0 saturated carbocycles. The molecule has 23 heavy (non-hydrogen) atoms. The summed E-state index contributed by atoms with van der Waals surface area (Å²) < 4.78 is 91.7. The van der Waals surface area contributed by atoms with Gasteiger partial charge in [0.05, 0.1) is 11.5 Å². The monoisotopic (exact) mass is 424 g/mol. The van der Waals surface area contributed by atoms with Gasteiger partial charge in [-0.15, -0.1) is 0 Å². The van der Waals surface area contributed by atoms with Gasteiger partial charge >= 0.3 is 59.1 Å². The van der Waals surface area contributed by atoms with Gasteiger partial charge in [-0.1, -0.05) is 12.8 Å². The molecule has 0 unspecified atom stereocenters. The van der Waals surface area contributed by atoms with Gasteiger partial charge in [-0.3, -0.25) is 17.5 Å². The van der Waals surface area contributed by atoms with Gasteiger partial charge in [-0.2, -0.15) is 16.8 Å². The van der Waals surface area contributed by atoms with E-state index in [0.717, 1.165) is 0 Å². The molecule has 0 amide bonds. The molecule has 0 rings (SSSR count). The van der Waals surface area contributed by atoms with Crippen molar-refractivity contribution in [3.8, 4) is 0 Å². The molecule has 6 N–H and O–H groups in total. The third-order valence-electron chi connectivity index (χ3n) is 1.55. The van der Waals surface area contributed by atoms with Crippen molar-refractivity contribution in [2.75, 3.05) is 11.5 Å². The molecule has 12 nitrogen and oxygen atoms in total. The number of unbranched alkanes of at least 4 members (excludes halogenated alkanes) is 3. The molecular formula is C6H18Na2O12S3. The molecule has 0 bridgehead atoms. The van der Waals surface area contributed by atoms with Gasteiger partial charge in [0.25, 0.3) is 20.2 Å². The average molecular weight is 424 g/mol. The van der Waals surface area contributed by atoms with Crippen molar-refractivity contribution in [3.63, 3.8) is 0 Å². The summed E-state index contributed by atoms with van der Waals surface area (Å²) in [4.78, 5) is 0. The third-order valence-corrected chi connectivity index (χ3v) is 3.16. The maximum absolute atomic E-state index is 10.2. The number of rotatable bonds is 7. The summed E-state index contributed by atoms with van der Waals surface area (Å²) in [5, 5.41) is 0. The van der Waals surface area contributed by atoms with E-state index in [4.69, 9.17) is 26.6 Å². The summed E-state index contributed by atoms with van der Waals surface area (Å²) >= 11 is 0. The Morgan fingerprint density at radius 3 is 0.913 bits per heavy atom. The van der Waals surface area contributed by atoms with Crippen LogP contribution in [0.15, 0.2) is 0 Å². The van der Waals surface area contributed by atoms with Crippen LogP contribution in [0.5, 0.6) is 0 Å². The SMILES string of the molecule is O.O.O=S(=O)(O)CCCCCCS(=O)(=O)O.O=S(=O)([O-])[O-].[Na+].[Na+]. The summed E-state index contributed by atoms with van der Waals surface area (Å²) in [6, 6.07) is 0. The predicted octanol–water partition coefficient (Wildman–Crippen LogP) is -8.66. The van der Waals surface area contributed by atoms with Crippen molar-refractivity contribution in [1.29, 1.82) is 0 Å². The van der Waals surface area contributed by atoms with Crippen LogP contribution in [-0.4, -0.2) is 65.9 Å². The van der Waals surface area contributed by atoms with Gasteiger partial charge in [0.2, 0.25) is 0 Å². The Kier molecular flexibility index (Phi) is 31.7. The molecule has 0 aliphatic heterocycles. The summed E-state index contributed by atoms with van der Waals surface area (Å²) in [6.45, 7) is 0. The molecule has 134 valence electrons. The van der Waals surface area contributed by atoms with Gasteiger partial charge in [0.15, 0.2) is 0 Å². The van der Waals surface area contributed by atoms with E-state index in [0.29, 0.717) is 25.7 Å². The Balaban J connectivity index is -0.0000000708. The van der Waals surface area contributed by atoms with E-state index in [1.165, 1.54) is 0 Å².